The molecule has 90 valence electrons. The molecule has 1 saturated heterocycles. The largest absolute Gasteiger partial charge is 0.378 e. The minimum absolute atomic E-state index is 0.488. The molecule has 1 fully saturated rings. The minimum Gasteiger partial charge on any atom is -0.378 e. The minimum atomic E-state index is 0.488. The standard InChI is InChI=1S/C12H21N3O/c1-10-11(9-15(2)14-10)8-13-6-5-12-4-3-7-16-12/h9,12-13H,3-8H2,1-2H3. The smallest absolute Gasteiger partial charge is 0.0638 e. The molecule has 0 bridgehead atoms. The van der Waals surface area contributed by atoms with Crippen LogP contribution in [0.4, 0.5) is 0 Å². The van der Waals surface area contributed by atoms with Crippen molar-refractivity contribution >= 4 is 0 Å². The summed E-state index contributed by atoms with van der Waals surface area (Å²) in [6.07, 6.45) is 6.15. The van der Waals surface area contributed by atoms with Crippen molar-refractivity contribution in [2.75, 3.05) is 13.2 Å². The van der Waals surface area contributed by atoms with Crippen molar-refractivity contribution in [1.29, 1.82) is 0 Å². The maximum absolute atomic E-state index is 5.58. The Kier molecular flexibility index (Phi) is 3.96. The van der Waals surface area contributed by atoms with E-state index < -0.39 is 0 Å². The van der Waals surface area contributed by atoms with E-state index in [9.17, 15) is 0 Å². The zero-order valence-electron chi connectivity index (χ0n) is 10.2. The molecule has 0 saturated carbocycles. The summed E-state index contributed by atoms with van der Waals surface area (Å²) >= 11 is 0. The molecule has 0 amide bonds. The summed E-state index contributed by atoms with van der Waals surface area (Å²) in [6, 6.07) is 0. The van der Waals surface area contributed by atoms with Gasteiger partial charge in [0.05, 0.1) is 11.8 Å². The number of aromatic nitrogens is 2. The van der Waals surface area contributed by atoms with Crippen LogP contribution in [-0.4, -0.2) is 29.0 Å². The summed E-state index contributed by atoms with van der Waals surface area (Å²) in [5, 5.41) is 7.77. The third kappa shape index (κ3) is 3.06. The first kappa shape index (κ1) is 11.6. The monoisotopic (exact) mass is 223 g/mol. The van der Waals surface area contributed by atoms with Crippen LogP contribution in [0.15, 0.2) is 6.20 Å². The van der Waals surface area contributed by atoms with Gasteiger partial charge in [-0.25, -0.2) is 0 Å². The van der Waals surface area contributed by atoms with E-state index >= 15 is 0 Å². The highest BCUT2D eigenvalue weighted by Crippen LogP contribution is 2.14. The molecule has 0 aromatic carbocycles. The number of hydrogen-bond donors (Lipinski definition) is 1. The lowest BCUT2D eigenvalue weighted by molar-refractivity contribution is 0.104. The summed E-state index contributed by atoms with van der Waals surface area (Å²) < 4.78 is 7.44. The first-order valence-electron chi connectivity index (χ1n) is 6.07. The molecule has 0 spiro atoms. The predicted molar refractivity (Wildman–Crippen MR) is 63.2 cm³/mol. The zero-order chi connectivity index (χ0) is 11.4. The average molecular weight is 223 g/mol. The number of aryl methyl sites for hydroxylation is 2. The van der Waals surface area contributed by atoms with Crippen LogP contribution >= 0.6 is 0 Å². The highest BCUT2D eigenvalue weighted by molar-refractivity contribution is 5.14. The Morgan fingerprint density at radius 3 is 3.12 bits per heavy atom. The molecule has 2 heterocycles. The van der Waals surface area contributed by atoms with Crippen molar-refractivity contribution in [2.45, 2.75) is 38.8 Å². The van der Waals surface area contributed by atoms with E-state index in [-0.39, 0.29) is 0 Å². The van der Waals surface area contributed by atoms with Crippen molar-refractivity contribution in [3.05, 3.63) is 17.5 Å². The van der Waals surface area contributed by atoms with Crippen LogP contribution in [0, 0.1) is 6.92 Å². The Hall–Kier alpha value is -0.870. The lowest BCUT2D eigenvalue weighted by Crippen LogP contribution is -2.19. The number of nitrogens with zero attached hydrogens (tertiary/aromatic N) is 2. The molecule has 1 aliphatic rings. The van der Waals surface area contributed by atoms with Crippen LogP contribution in [0.1, 0.15) is 30.5 Å². The summed E-state index contributed by atoms with van der Waals surface area (Å²) in [6.45, 7) is 4.94. The molecule has 0 aliphatic carbocycles. The van der Waals surface area contributed by atoms with Crippen LogP contribution in [0.5, 0.6) is 0 Å². The normalized spacial score (nSPS) is 20.5. The van der Waals surface area contributed by atoms with Gasteiger partial charge in [-0.05, 0) is 32.7 Å². The molecule has 4 nitrogen and oxygen atoms in total. The molecule has 4 heteroatoms. The van der Waals surface area contributed by atoms with Gasteiger partial charge < -0.3 is 10.1 Å². The van der Waals surface area contributed by atoms with Crippen LogP contribution in [0.2, 0.25) is 0 Å². The Morgan fingerprint density at radius 2 is 2.50 bits per heavy atom. The number of ether oxygens (including phenoxy) is 1. The molecule has 1 aliphatic heterocycles. The van der Waals surface area contributed by atoms with Crippen molar-refractivity contribution in [3.8, 4) is 0 Å². The van der Waals surface area contributed by atoms with Gasteiger partial charge in [-0.1, -0.05) is 0 Å². The Bertz CT molecular complexity index is 329. The second-order valence-corrected chi connectivity index (χ2v) is 4.51. The molecule has 1 unspecified atom stereocenters. The highest BCUT2D eigenvalue weighted by atomic mass is 16.5. The lowest BCUT2D eigenvalue weighted by atomic mass is 10.2. The third-order valence-electron chi connectivity index (χ3n) is 3.10. The van der Waals surface area contributed by atoms with Crippen molar-refractivity contribution in [1.82, 2.24) is 15.1 Å². The van der Waals surface area contributed by atoms with Gasteiger partial charge >= 0.3 is 0 Å². The van der Waals surface area contributed by atoms with E-state index in [1.807, 2.05) is 11.7 Å². The Balaban J connectivity index is 1.65. The molecular formula is C12H21N3O. The fourth-order valence-electron chi connectivity index (χ4n) is 2.18. The zero-order valence-corrected chi connectivity index (χ0v) is 10.2. The van der Waals surface area contributed by atoms with E-state index in [0.29, 0.717) is 6.10 Å². The van der Waals surface area contributed by atoms with Crippen molar-refractivity contribution in [2.24, 2.45) is 7.05 Å². The summed E-state index contributed by atoms with van der Waals surface area (Å²) in [7, 11) is 1.96. The Morgan fingerprint density at radius 1 is 1.62 bits per heavy atom. The molecule has 16 heavy (non-hydrogen) atoms. The van der Waals surface area contributed by atoms with Gasteiger partial charge in [0.25, 0.3) is 0 Å². The quantitative estimate of drug-likeness (QED) is 0.767. The van der Waals surface area contributed by atoms with E-state index in [0.717, 1.165) is 31.8 Å². The van der Waals surface area contributed by atoms with E-state index in [1.54, 1.807) is 0 Å². The topological polar surface area (TPSA) is 39.1 Å². The van der Waals surface area contributed by atoms with Gasteiger partial charge in [-0.2, -0.15) is 5.10 Å². The molecule has 0 radical (unpaired) electrons. The first-order chi connectivity index (χ1) is 7.75. The molecule has 2 rings (SSSR count). The van der Waals surface area contributed by atoms with E-state index in [2.05, 4.69) is 23.5 Å². The maximum atomic E-state index is 5.58. The Labute approximate surface area is 97.0 Å². The van der Waals surface area contributed by atoms with Gasteiger partial charge in [0.15, 0.2) is 0 Å². The fraction of sp³-hybridized carbons (Fsp3) is 0.750. The van der Waals surface area contributed by atoms with Gasteiger partial charge in [-0.3, -0.25) is 4.68 Å². The second kappa shape index (κ2) is 5.46. The highest BCUT2D eigenvalue weighted by Gasteiger charge is 2.14. The van der Waals surface area contributed by atoms with Gasteiger partial charge in [0.2, 0.25) is 0 Å². The number of nitrogens with one attached hydrogen (secondary N) is 1. The molecule has 1 N–H and O–H groups in total. The summed E-state index contributed by atoms with van der Waals surface area (Å²) in [5.74, 6) is 0. The summed E-state index contributed by atoms with van der Waals surface area (Å²) in [4.78, 5) is 0. The van der Waals surface area contributed by atoms with Crippen LogP contribution in [0.25, 0.3) is 0 Å². The first-order valence-corrected chi connectivity index (χ1v) is 6.07. The van der Waals surface area contributed by atoms with Gasteiger partial charge in [0, 0.05) is 32.0 Å². The second-order valence-electron chi connectivity index (χ2n) is 4.51. The molecule has 1 aromatic heterocycles. The van der Waals surface area contributed by atoms with Gasteiger partial charge in [-0.15, -0.1) is 0 Å². The van der Waals surface area contributed by atoms with Gasteiger partial charge in [0.1, 0.15) is 0 Å². The van der Waals surface area contributed by atoms with Crippen molar-refractivity contribution < 1.29 is 4.74 Å². The lowest BCUT2D eigenvalue weighted by Gasteiger charge is -2.09. The van der Waals surface area contributed by atoms with E-state index in [1.165, 1.54) is 18.4 Å². The van der Waals surface area contributed by atoms with Crippen LogP contribution in [0.3, 0.4) is 0 Å². The predicted octanol–water partition coefficient (Wildman–Crippen LogP) is 1.39. The summed E-state index contributed by atoms with van der Waals surface area (Å²) in [5.41, 5.74) is 2.40. The fourth-order valence-corrected chi connectivity index (χ4v) is 2.18. The average Bonchev–Trinajstić information content (AvgIpc) is 2.84. The van der Waals surface area contributed by atoms with Crippen LogP contribution < -0.4 is 5.32 Å². The van der Waals surface area contributed by atoms with Crippen LogP contribution in [-0.2, 0) is 18.3 Å². The van der Waals surface area contributed by atoms with E-state index in [4.69, 9.17) is 4.74 Å². The maximum Gasteiger partial charge on any atom is 0.0638 e. The SMILES string of the molecule is Cc1nn(C)cc1CNCCC1CCCO1. The number of hydrogen-bond acceptors (Lipinski definition) is 3. The molecular weight excluding hydrogens is 202 g/mol. The number of rotatable bonds is 5. The third-order valence-corrected chi connectivity index (χ3v) is 3.10. The molecule has 1 atom stereocenters. The van der Waals surface area contributed by atoms with Crippen molar-refractivity contribution in [3.63, 3.8) is 0 Å². The molecule has 1 aromatic rings.